The van der Waals surface area contributed by atoms with E-state index in [1.54, 1.807) is 0 Å². The zero-order chi connectivity index (χ0) is 17.7. The lowest BCUT2D eigenvalue weighted by atomic mass is 10.1. The van der Waals surface area contributed by atoms with Crippen LogP contribution in [-0.4, -0.2) is 39.9 Å². The van der Waals surface area contributed by atoms with Gasteiger partial charge in [-0.3, -0.25) is 4.79 Å². The first-order valence-corrected chi connectivity index (χ1v) is 7.21. The van der Waals surface area contributed by atoms with Crippen LogP contribution in [0.4, 0.5) is 23.5 Å². The molecular weight excluding hydrogens is 356 g/mol. The Hall–Kier alpha value is -2.50. The molecule has 0 radical (unpaired) electrons. The van der Waals surface area contributed by atoms with Gasteiger partial charge in [-0.1, -0.05) is 11.8 Å². The summed E-state index contributed by atoms with van der Waals surface area (Å²) >= 11 is 0.909. The predicted octanol–water partition coefficient (Wildman–Crippen LogP) is 2.56. The van der Waals surface area contributed by atoms with Crippen LogP contribution in [0.3, 0.4) is 0 Å². The van der Waals surface area contributed by atoms with Gasteiger partial charge in [0.15, 0.2) is 5.78 Å². The van der Waals surface area contributed by atoms with Gasteiger partial charge in [0, 0.05) is 6.07 Å². The molecule has 130 valence electrons. The van der Waals surface area contributed by atoms with E-state index >= 15 is 0 Å². The second kappa shape index (κ2) is 7.86. The maximum Gasteiger partial charge on any atom is 0.387 e. The van der Waals surface area contributed by atoms with Crippen LogP contribution in [-0.2, 0) is 0 Å². The fraction of sp³-hybridized carbons (Fsp3) is 0.250. The van der Waals surface area contributed by atoms with E-state index in [9.17, 15) is 22.4 Å². The highest BCUT2D eigenvalue weighted by molar-refractivity contribution is 7.99. The van der Waals surface area contributed by atoms with E-state index in [0.29, 0.717) is 0 Å². The van der Waals surface area contributed by atoms with E-state index in [2.05, 4.69) is 24.7 Å². The van der Waals surface area contributed by atoms with Crippen LogP contribution < -0.4 is 15.2 Å². The summed E-state index contributed by atoms with van der Waals surface area (Å²) in [5.74, 6) is -1.72. The fourth-order valence-corrected chi connectivity index (χ4v) is 2.32. The van der Waals surface area contributed by atoms with Gasteiger partial charge in [-0.25, -0.2) is 5.10 Å². The average Bonchev–Trinajstić information content (AvgIpc) is 2.89. The number of nitrogens with two attached hydrogens (primary N) is 1. The number of rotatable bonds is 8. The Labute approximate surface area is 136 Å². The normalized spacial score (nSPS) is 11.1. The number of Topliss-reactive ketones (excluding diaryl/α,β-unsaturated/α-hetero) is 1. The summed E-state index contributed by atoms with van der Waals surface area (Å²) in [6.45, 7) is -6.38. The van der Waals surface area contributed by atoms with Gasteiger partial charge in [0.1, 0.15) is 11.5 Å². The Kier molecular flexibility index (Phi) is 5.84. The van der Waals surface area contributed by atoms with Crippen molar-refractivity contribution in [3.05, 3.63) is 23.8 Å². The van der Waals surface area contributed by atoms with Crippen LogP contribution >= 0.6 is 11.8 Å². The number of ether oxygens (including phenoxy) is 2. The smallest absolute Gasteiger partial charge is 0.387 e. The molecule has 12 heteroatoms. The van der Waals surface area contributed by atoms with E-state index in [1.165, 1.54) is 0 Å². The third-order valence-corrected chi connectivity index (χ3v) is 3.36. The number of carbonyl (C=O) groups is 1. The standard InChI is InChI=1S/C12H10F4N4O3S/c13-9(14)22-5-1-2-6(8(3-5)23-10(15)16)7(21)4-24-12-18-11(17)19-20-12/h1-3,9-10H,4H2,(H3,17,18,19,20). The number of aromatic nitrogens is 3. The van der Waals surface area contributed by atoms with Gasteiger partial charge in [0.25, 0.3) is 0 Å². The van der Waals surface area contributed by atoms with Gasteiger partial charge in [0.2, 0.25) is 11.1 Å². The maximum atomic E-state index is 12.4. The van der Waals surface area contributed by atoms with E-state index in [0.717, 1.165) is 30.0 Å². The Morgan fingerprint density at radius 2 is 1.96 bits per heavy atom. The van der Waals surface area contributed by atoms with Crippen molar-refractivity contribution in [2.75, 3.05) is 11.5 Å². The average molecular weight is 366 g/mol. The number of carbonyl (C=O) groups excluding carboxylic acids is 1. The number of benzene rings is 1. The second-order valence-electron chi connectivity index (χ2n) is 4.13. The van der Waals surface area contributed by atoms with Crippen molar-refractivity contribution in [3.63, 3.8) is 0 Å². The van der Waals surface area contributed by atoms with Gasteiger partial charge in [-0.2, -0.15) is 22.5 Å². The van der Waals surface area contributed by atoms with Gasteiger partial charge in [0.05, 0.1) is 11.3 Å². The third kappa shape index (κ3) is 5.01. The molecule has 7 nitrogen and oxygen atoms in total. The topological polar surface area (TPSA) is 103 Å². The number of ketones is 1. The maximum absolute atomic E-state index is 12.4. The van der Waals surface area contributed by atoms with Crippen LogP contribution in [0.5, 0.6) is 11.5 Å². The van der Waals surface area contributed by atoms with E-state index in [1.807, 2.05) is 0 Å². The minimum atomic E-state index is -3.24. The fourth-order valence-electron chi connectivity index (χ4n) is 1.63. The van der Waals surface area contributed by atoms with E-state index in [4.69, 9.17) is 5.73 Å². The summed E-state index contributed by atoms with van der Waals surface area (Å²) < 4.78 is 57.5. The number of hydrogen-bond acceptors (Lipinski definition) is 7. The highest BCUT2D eigenvalue weighted by atomic mass is 32.2. The molecule has 1 heterocycles. The number of alkyl halides is 4. The molecule has 3 N–H and O–H groups in total. The zero-order valence-electron chi connectivity index (χ0n) is 11.7. The van der Waals surface area contributed by atoms with Gasteiger partial charge in [-0.05, 0) is 12.1 Å². The molecule has 0 aliphatic rings. The molecule has 0 aliphatic carbocycles. The van der Waals surface area contributed by atoms with Crippen molar-refractivity contribution in [3.8, 4) is 11.5 Å². The SMILES string of the molecule is Nc1nc(SCC(=O)c2ccc(OC(F)F)cc2OC(F)F)n[nH]1. The molecule has 0 saturated carbocycles. The number of thioether (sulfide) groups is 1. The summed E-state index contributed by atoms with van der Waals surface area (Å²) in [6.07, 6.45) is 0. The van der Waals surface area contributed by atoms with Gasteiger partial charge in [-0.15, -0.1) is 5.10 Å². The molecule has 0 fully saturated rings. The molecule has 1 aromatic carbocycles. The Morgan fingerprint density at radius 1 is 1.25 bits per heavy atom. The number of nitrogen functional groups attached to an aromatic ring is 1. The first kappa shape index (κ1) is 17.8. The molecule has 0 saturated heterocycles. The first-order valence-electron chi connectivity index (χ1n) is 6.22. The van der Waals surface area contributed by atoms with Crippen LogP contribution in [0, 0.1) is 0 Å². The summed E-state index contributed by atoms with van der Waals surface area (Å²) in [5, 5.41) is 6.25. The third-order valence-electron chi connectivity index (χ3n) is 2.51. The van der Waals surface area contributed by atoms with Crippen LogP contribution in [0.2, 0.25) is 0 Å². The van der Waals surface area contributed by atoms with Crippen LogP contribution in [0.25, 0.3) is 0 Å². The monoisotopic (exact) mass is 366 g/mol. The minimum absolute atomic E-state index is 0.0557. The number of hydrogen-bond donors (Lipinski definition) is 2. The molecule has 2 aromatic rings. The highest BCUT2D eigenvalue weighted by Crippen LogP contribution is 2.29. The molecular formula is C12H10F4N4O3S. The number of anilines is 1. The van der Waals surface area contributed by atoms with Crippen LogP contribution in [0.1, 0.15) is 10.4 Å². The minimum Gasteiger partial charge on any atom is -0.435 e. The quantitative estimate of drug-likeness (QED) is 0.420. The lowest BCUT2D eigenvalue weighted by Crippen LogP contribution is -2.11. The van der Waals surface area contributed by atoms with Crippen molar-refractivity contribution >= 4 is 23.5 Å². The summed E-state index contributed by atoms with van der Waals surface area (Å²) in [4.78, 5) is 15.9. The molecule has 1 aromatic heterocycles. The van der Waals surface area contributed by atoms with Gasteiger partial charge < -0.3 is 15.2 Å². The molecule has 2 rings (SSSR count). The molecule has 0 aliphatic heterocycles. The Bertz CT molecular complexity index is 713. The van der Waals surface area contributed by atoms with E-state index < -0.39 is 30.5 Å². The highest BCUT2D eigenvalue weighted by Gasteiger charge is 2.19. The Balaban J connectivity index is 2.15. The number of nitrogens with zero attached hydrogens (tertiary/aromatic N) is 2. The largest absolute Gasteiger partial charge is 0.435 e. The lowest BCUT2D eigenvalue weighted by molar-refractivity contribution is -0.0544. The van der Waals surface area contributed by atoms with E-state index in [-0.39, 0.29) is 22.4 Å². The first-order chi connectivity index (χ1) is 11.3. The second-order valence-corrected chi connectivity index (χ2v) is 5.07. The van der Waals surface area contributed by atoms with Crippen LogP contribution in [0.15, 0.2) is 23.4 Å². The summed E-state index contributed by atoms with van der Waals surface area (Å²) in [6, 6.07) is 2.90. The molecule has 0 spiro atoms. The number of aromatic amines is 1. The molecule has 0 unspecified atom stereocenters. The summed E-state index contributed by atoms with van der Waals surface area (Å²) in [5.41, 5.74) is 5.11. The number of halogens is 4. The predicted molar refractivity (Wildman–Crippen MR) is 75.6 cm³/mol. The van der Waals surface area contributed by atoms with Crippen molar-refractivity contribution in [1.29, 1.82) is 0 Å². The van der Waals surface area contributed by atoms with Crippen molar-refractivity contribution < 1.29 is 31.8 Å². The summed E-state index contributed by atoms with van der Waals surface area (Å²) in [7, 11) is 0. The lowest BCUT2D eigenvalue weighted by Gasteiger charge is -2.12. The number of H-pyrrole nitrogens is 1. The molecule has 0 amide bonds. The number of nitrogens with one attached hydrogen (secondary N) is 1. The van der Waals surface area contributed by atoms with Gasteiger partial charge >= 0.3 is 13.2 Å². The molecule has 0 atom stereocenters. The van der Waals surface area contributed by atoms with Crippen molar-refractivity contribution in [1.82, 2.24) is 15.2 Å². The Morgan fingerprint density at radius 3 is 2.54 bits per heavy atom. The van der Waals surface area contributed by atoms with Crippen molar-refractivity contribution in [2.24, 2.45) is 0 Å². The zero-order valence-corrected chi connectivity index (χ0v) is 12.5. The molecule has 24 heavy (non-hydrogen) atoms. The van der Waals surface area contributed by atoms with Crippen molar-refractivity contribution in [2.45, 2.75) is 18.4 Å². The molecule has 0 bridgehead atoms.